The minimum Gasteiger partial charge on any atom is -0.480 e. The van der Waals surface area contributed by atoms with Gasteiger partial charge in [0.25, 0.3) is 0 Å². The molecule has 2 aromatic heterocycles. The van der Waals surface area contributed by atoms with Crippen LogP contribution in [-0.4, -0.2) is 43.8 Å². The van der Waals surface area contributed by atoms with Gasteiger partial charge >= 0.3 is 5.97 Å². The zero-order chi connectivity index (χ0) is 14.7. The van der Waals surface area contributed by atoms with Gasteiger partial charge < -0.3 is 5.11 Å². The van der Waals surface area contributed by atoms with Crippen LogP contribution in [0.2, 0.25) is 0 Å². The van der Waals surface area contributed by atoms with E-state index >= 15 is 0 Å². The SMILES string of the molecule is O=C(O)Cn1nccc1[C@@H]1CCCN(Cc2cncs2)C1. The summed E-state index contributed by atoms with van der Waals surface area (Å²) in [6.07, 6.45) is 5.83. The van der Waals surface area contributed by atoms with Gasteiger partial charge in [0, 0.05) is 42.0 Å². The Kier molecular flexibility index (Phi) is 4.31. The number of hydrogen-bond acceptors (Lipinski definition) is 5. The van der Waals surface area contributed by atoms with Gasteiger partial charge in [-0.05, 0) is 25.5 Å². The summed E-state index contributed by atoms with van der Waals surface area (Å²) >= 11 is 1.68. The molecule has 1 fully saturated rings. The van der Waals surface area contributed by atoms with E-state index in [4.69, 9.17) is 5.11 Å². The molecule has 7 heteroatoms. The third-order valence-electron chi connectivity index (χ3n) is 3.82. The molecular formula is C14H18N4O2S. The molecule has 2 aromatic rings. The number of carbonyl (C=O) groups is 1. The summed E-state index contributed by atoms with van der Waals surface area (Å²) in [5.74, 6) is -0.495. The molecule has 0 amide bonds. The zero-order valence-corrected chi connectivity index (χ0v) is 12.5. The lowest BCUT2D eigenvalue weighted by Gasteiger charge is -2.32. The van der Waals surface area contributed by atoms with Crippen molar-refractivity contribution in [3.05, 3.63) is 34.5 Å². The molecule has 112 valence electrons. The van der Waals surface area contributed by atoms with Crippen LogP contribution in [-0.2, 0) is 17.9 Å². The fourth-order valence-corrected chi connectivity index (χ4v) is 3.57. The summed E-state index contributed by atoms with van der Waals surface area (Å²) in [7, 11) is 0. The lowest BCUT2D eigenvalue weighted by atomic mass is 9.94. The van der Waals surface area contributed by atoms with Crippen LogP contribution in [0, 0.1) is 0 Å². The average molecular weight is 306 g/mol. The highest BCUT2D eigenvalue weighted by molar-refractivity contribution is 7.09. The summed E-state index contributed by atoms with van der Waals surface area (Å²) in [5.41, 5.74) is 2.89. The van der Waals surface area contributed by atoms with Gasteiger partial charge in [0.1, 0.15) is 6.54 Å². The normalized spacial score (nSPS) is 19.7. The molecule has 0 spiro atoms. The molecule has 1 aliphatic rings. The minimum absolute atomic E-state index is 0.0618. The lowest BCUT2D eigenvalue weighted by molar-refractivity contribution is -0.137. The number of aliphatic carboxylic acids is 1. The van der Waals surface area contributed by atoms with Gasteiger partial charge in [-0.3, -0.25) is 19.4 Å². The van der Waals surface area contributed by atoms with Gasteiger partial charge in [-0.25, -0.2) is 0 Å². The molecule has 1 N–H and O–H groups in total. The summed E-state index contributed by atoms with van der Waals surface area (Å²) in [5, 5.41) is 13.1. The maximum absolute atomic E-state index is 10.9. The Hall–Kier alpha value is -1.73. The Morgan fingerprint density at radius 3 is 3.19 bits per heavy atom. The van der Waals surface area contributed by atoms with E-state index in [1.165, 1.54) is 4.88 Å². The van der Waals surface area contributed by atoms with Gasteiger partial charge in [0.05, 0.1) is 5.51 Å². The van der Waals surface area contributed by atoms with Crippen molar-refractivity contribution in [1.82, 2.24) is 19.7 Å². The van der Waals surface area contributed by atoms with Crippen molar-refractivity contribution in [2.45, 2.75) is 31.8 Å². The summed E-state index contributed by atoms with van der Waals surface area (Å²) in [6.45, 7) is 2.90. The summed E-state index contributed by atoms with van der Waals surface area (Å²) < 4.78 is 1.61. The maximum Gasteiger partial charge on any atom is 0.325 e. The number of carboxylic acids is 1. The molecular weight excluding hydrogens is 288 g/mol. The molecule has 0 aromatic carbocycles. The fourth-order valence-electron chi connectivity index (χ4n) is 2.93. The smallest absolute Gasteiger partial charge is 0.325 e. The van der Waals surface area contributed by atoms with Crippen LogP contribution in [0.5, 0.6) is 0 Å². The highest BCUT2D eigenvalue weighted by atomic mass is 32.1. The topological polar surface area (TPSA) is 71.2 Å². The van der Waals surface area contributed by atoms with Gasteiger partial charge in [-0.1, -0.05) is 0 Å². The van der Waals surface area contributed by atoms with E-state index in [-0.39, 0.29) is 6.54 Å². The Balaban J connectivity index is 1.68. The zero-order valence-electron chi connectivity index (χ0n) is 11.7. The molecule has 1 atom stereocenters. The third-order valence-corrected chi connectivity index (χ3v) is 4.59. The van der Waals surface area contributed by atoms with E-state index in [9.17, 15) is 4.79 Å². The molecule has 6 nitrogen and oxygen atoms in total. The standard InChI is InChI=1S/C14H18N4O2S/c19-14(20)9-18-13(3-4-16-18)11-2-1-5-17(7-11)8-12-6-15-10-21-12/h3-4,6,10-11H,1-2,5,7-9H2,(H,19,20)/t11-/m1/s1. The van der Waals surface area contributed by atoms with Crippen molar-refractivity contribution < 1.29 is 9.90 Å². The first-order valence-electron chi connectivity index (χ1n) is 7.05. The first-order valence-corrected chi connectivity index (χ1v) is 7.93. The number of likely N-dealkylation sites (tertiary alicyclic amines) is 1. The number of aromatic nitrogens is 3. The highest BCUT2D eigenvalue weighted by Crippen LogP contribution is 2.28. The van der Waals surface area contributed by atoms with Gasteiger partial charge in [0.15, 0.2) is 0 Å². The van der Waals surface area contributed by atoms with Crippen LogP contribution in [0.3, 0.4) is 0 Å². The second-order valence-electron chi connectivity index (χ2n) is 5.35. The second-order valence-corrected chi connectivity index (χ2v) is 6.32. The van der Waals surface area contributed by atoms with E-state index in [0.29, 0.717) is 5.92 Å². The fraction of sp³-hybridized carbons (Fsp3) is 0.500. The lowest BCUT2D eigenvalue weighted by Crippen LogP contribution is -2.34. The van der Waals surface area contributed by atoms with Crippen LogP contribution in [0.15, 0.2) is 24.0 Å². The molecule has 3 rings (SSSR count). The second kappa shape index (κ2) is 6.36. The van der Waals surface area contributed by atoms with Crippen molar-refractivity contribution in [3.8, 4) is 0 Å². The van der Waals surface area contributed by atoms with Crippen LogP contribution >= 0.6 is 11.3 Å². The Labute approximate surface area is 127 Å². The quantitative estimate of drug-likeness (QED) is 0.912. The Morgan fingerprint density at radius 1 is 1.52 bits per heavy atom. The molecule has 21 heavy (non-hydrogen) atoms. The summed E-state index contributed by atoms with van der Waals surface area (Å²) in [4.78, 5) is 18.7. The molecule has 0 radical (unpaired) electrons. The maximum atomic E-state index is 10.9. The molecule has 3 heterocycles. The Morgan fingerprint density at radius 2 is 2.43 bits per heavy atom. The molecule has 0 bridgehead atoms. The van der Waals surface area contributed by atoms with Crippen molar-refractivity contribution in [2.24, 2.45) is 0 Å². The highest BCUT2D eigenvalue weighted by Gasteiger charge is 2.24. The van der Waals surface area contributed by atoms with E-state index in [2.05, 4.69) is 15.0 Å². The third kappa shape index (κ3) is 3.48. The predicted molar refractivity (Wildman–Crippen MR) is 79.2 cm³/mol. The van der Waals surface area contributed by atoms with E-state index < -0.39 is 5.97 Å². The van der Waals surface area contributed by atoms with E-state index in [1.807, 2.05) is 17.8 Å². The van der Waals surface area contributed by atoms with Gasteiger partial charge in [-0.15, -0.1) is 11.3 Å². The summed E-state index contributed by atoms with van der Waals surface area (Å²) in [6, 6.07) is 1.95. The monoisotopic (exact) mass is 306 g/mol. The van der Waals surface area contributed by atoms with E-state index in [1.54, 1.807) is 22.2 Å². The van der Waals surface area contributed by atoms with Gasteiger partial charge in [0.2, 0.25) is 0 Å². The van der Waals surface area contributed by atoms with Crippen molar-refractivity contribution in [1.29, 1.82) is 0 Å². The van der Waals surface area contributed by atoms with Crippen LogP contribution < -0.4 is 0 Å². The van der Waals surface area contributed by atoms with Crippen LogP contribution in [0.4, 0.5) is 0 Å². The molecule has 0 aliphatic carbocycles. The number of hydrogen-bond donors (Lipinski definition) is 1. The predicted octanol–water partition coefficient (Wildman–Crippen LogP) is 1.80. The number of carboxylic acid groups (broad SMARTS) is 1. The van der Waals surface area contributed by atoms with Crippen molar-refractivity contribution in [2.75, 3.05) is 13.1 Å². The van der Waals surface area contributed by atoms with E-state index in [0.717, 1.165) is 38.2 Å². The van der Waals surface area contributed by atoms with Gasteiger partial charge in [-0.2, -0.15) is 5.10 Å². The van der Waals surface area contributed by atoms with Crippen LogP contribution in [0.25, 0.3) is 0 Å². The molecule has 0 saturated carbocycles. The molecule has 1 aliphatic heterocycles. The largest absolute Gasteiger partial charge is 0.480 e. The number of piperidine rings is 1. The molecule has 0 unspecified atom stereocenters. The van der Waals surface area contributed by atoms with Crippen LogP contribution in [0.1, 0.15) is 29.3 Å². The Bertz CT molecular complexity index is 596. The van der Waals surface area contributed by atoms with Crippen molar-refractivity contribution in [3.63, 3.8) is 0 Å². The van der Waals surface area contributed by atoms with Crippen molar-refractivity contribution >= 4 is 17.3 Å². The first kappa shape index (κ1) is 14.2. The minimum atomic E-state index is -0.850. The number of rotatable bonds is 5. The first-order chi connectivity index (χ1) is 10.2. The number of nitrogens with zero attached hydrogens (tertiary/aromatic N) is 4. The molecule has 1 saturated heterocycles. The average Bonchev–Trinajstić information content (AvgIpc) is 3.10. The number of thiazole rings is 1.